The van der Waals surface area contributed by atoms with Crippen LogP contribution in [0.2, 0.25) is 0 Å². The van der Waals surface area contributed by atoms with Crippen molar-refractivity contribution in [2.45, 2.75) is 19.4 Å². The third-order valence-electron chi connectivity index (χ3n) is 3.75. The van der Waals surface area contributed by atoms with Crippen molar-refractivity contribution < 1.29 is 14.0 Å². The fraction of sp³-hybridized carbons (Fsp3) is 0.375. The lowest BCUT2D eigenvalue weighted by Gasteiger charge is -2.14. The molecule has 1 aliphatic heterocycles. The van der Waals surface area contributed by atoms with E-state index < -0.39 is 0 Å². The molecule has 5 nitrogen and oxygen atoms in total. The van der Waals surface area contributed by atoms with E-state index in [-0.39, 0.29) is 17.7 Å². The van der Waals surface area contributed by atoms with Gasteiger partial charge in [-0.1, -0.05) is 18.2 Å². The third-order valence-corrected chi connectivity index (χ3v) is 3.75. The van der Waals surface area contributed by atoms with Crippen LogP contribution in [0.1, 0.15) is 23.9 Å². The second-order valence-electron chi connectivity index (χ2n) is 5.49. The quantitative estimate of drug-likeness (QED) is 0.871. The van der Waals surface area contributed by atoms with E-state index in [0.29, 0.717) is 18.8 Å². The molecule has 1 fully saturated rings. The lowest BCUT2D eigenvalue weighted by atomic mass is 10.2. The van der Waals surface area contributed by atoms with Crippen molar-refractivity contribution in [3.05, 3.63) is 36.1 Å². The number of para-hydroxylation sites is 1. The second kappa shape index (κ2) is 5.69. The highest BCUT2D eigenvalue weighted by Crippen LogP contribution is 2.20. The fourth-order valence-electron chi connectivity index (χ4n) is 2.78. The first-order chi connectivity index (χ1) is 10.1. The third kappa shape index (κ3) is 3.13. The van der Waals surface area contributed by atoms with E-state index in [4.69, 9.17) is 4.42 Å². The van der Waals surface area contributed by atoms with Gasteiger partial charge in [-0.25, -0.2) is 0 Å². The molecule has 0 bridgehead atoms. The minimum absolute atomic E-state index is 0.0188. The maximum absolute atomic E-state index is 12.3. The Morgan fingerprint density at radius 3 is 2.95 bits per heavy atom. The molecular weight excluding hydrogens is 268 g/mol. The van der Waals surface area contributed by atoms with Crippen molar-refractivity contribution in [3.63, 3.8) is 0 Å². The van der Waals surface area contributed by atoms with E-state index in [1.54, 1.807) is 6.07 Å². The summed E-state index contributed by atoms with van der Waals surface area (Å²) in [5.41, 5.74) is 0.735. The summed E-state index contributed by atoms with van der Waals surface area (Å²) >= 11 is 0. The topological polar surface area (TPSA) is 62.6 Å². The van der Waals surface area contributed by atoms with Gasteiger partial charge in [0.15, 0.2) is 5.76 Å². The predicted molar refractivity (Wildman–Crippen MR) is 79.2 cm³/mol. The Morgan fingerprint density at radius 1 is 1.38 bits per heavy atom. The summed E-state index contributed by atoms with van der Waals surface area (Å²) in [4.78, 5) is 25.4. The summed E-state index contributed by atoms with van der Waals surface area (Å²) in [5, 5.41) is 3.83. The molecule has 1 aromatic carbocycles. The molecule has 0 spiro atoms. The Hall–Kier alpha value is -2.14. The standard InChI is InChI=1S/C16H18N2O3/c1-11(19)17-13-6-7-18(9-13)10-14(20)16-8-12-4-2-3-5-15(12)21-16/h2-5,8,13H,6-7,9-10H2,1H3,(H,17,19). The van der Waals surface area contributed by atoms with E-state index in [2.05, 4.69) is 10.2 Å². The number of carbonyl (C=O) groups excluding carboxylic acids is 2. The zero-order valence-corrected chi connectivity index (χ0v) is 12.0. The number of ketones is 1. The Labute approximate surface area is 122 Å². The van der Waals surface area contributed by atoms with Crippen molar-refractivity contribution in [1.82, 2.24) is 10.2 Å². The lowest BCUT2D eigenvalue weighted by Crippen LogP contribution is -2.36. The molecule has 1 aromatic heterocycles. The Kier molecular flexibility index (Phi) is 3.75. The number of nitrogens with one attached hydrogen (secondary N) is 1. The van der Waals surface area contributed by atoms with Gasteiger partial charge >= 0.3 is 0 Å². The van der Waals surface area contributed by atoms with E-state index >= 15 is 0 Å². The zero-order valence-electron chi connectivity index (χ0n) is 12.0. The molecule has 110 valence electrons. The van der Waals surface area contributed by atoms with Gasteiger partial charge in [0.1, 0.15) is 5.58 Å². The van der Waals surface area contributed by atoms with Crippen molar-refractivity contribution >= 4 is 22.7 Å². The van der Waals surface area contributed by atoms with Crippen molar-refractivity contribution in [1.29, 1.82) is 0 Å². The first-order valence-corrected chi connectivity index (χ1v) is 7.13. The molecule has 1 aliphatic rings. The van der Waals surface area contributed by atoms with Crippen LogP contribution in [0.3, 0.4) is 0 Å². The van der Waals surface area contributed by atoms with Gasteiger partial charge in [0, 0.05) is 31.4 Å². The molecule has 0 radical (unpaired) electrons. The summed E-state index contributed by atoms with van der Waals surface area (Å²) in [6.45, 7) is 3.38. The molecule has 0 saturated carbocycles. The molecule has 1 N–H and O–H groups in total. The second-order valence-corrected chi connectivity index (χ2v) is 5.49. The number of rotatable bonds is 4. The van der Waals surface area contributed by atoms with E-state index in [1.165, 1.54) is 6.92 Å². The molecule has 21 heavy (non-hydrogen) atoms. The van der Waals surface area contributed by atoms with Crippen LogP contribution in [0.15, 0.2) is 34.7 Å². The molecule has 1 unspecified atom stereocenters. The van der Waals surface area contributed by atoms with Crippen LogP contribution >= 0.6 is 0 Å². The summed E-state index contributed by atoms with van der Waals surface area (Å²) in [7, 11) is 0. The molecule has 3 rings (SSSR count). The molecule has 0 aliphatic carbocycles. The number of nitrogens with zero attached hydrogens (tertiary/aromatic N) is 1. The number of likely N-dealkylation sites (tertiary alicyclic amines) is 1. The van der Waals surface area contributed by atoms with Gasteiger partial charge in [-0.3, -0.25) is 14.5 Å². The summed E-state index contributed by atoms with van der Waals surface area (Å²) in [6.07, 6.45) is 0.882. The first kappa shape index (κ1) is 13.8. The summed E-state index contributed by atoms with van der Waals surface area (Å²) in [6, 6.07) is 9.53. The summed E-state index contributed by atoms with van der Waals surface area (Å²) in [5.74, 6) is 0.360. The monoisotopic (exact) mass is 286 g/mol. The van der Waals surface area contributed by atoms with Crippen molar-refractivity contribution in [2.75, 3.05) is 19.6 Å². The fourth-order valence-corrected chi connectivity index (χ4v) is 2.78. The van der Waals surface area contributed by atoms with E-state index in [0.717, 1.165) is 23.9 Å². The minimum Gasteiger partial charge on any atom is -0.453 e. The van der Waals surface area contributed by atoms with Crippen LogP contribution in [-0.4, -0.2) is 42.3 Å². The van der Waals surface area contributed by atoms with Gasteiger partial charge in [-0.2, -0.15) is 0 Å². The summed E-state index contributed by atoms with van der Waals surface area (Å²) < 4.78 is 5.59. The number of hydrogen-bond donors (Lipinski definition) is 1. The SMILES string of the molecule is CC(=O)NC1CCN(CC(=O)c2cc3ccccc3o2)C1. The molecule has 5 heteroatoms. The van der Waals surface area contributed by atoms with Gasteiger partial charge in [-0.05, 0) is 18.6 Å². The Morgan fingerprint density at radius 2 is 2.19 bits per heavy atom. The molecule has 2 heterocycles. The smallest absolute Gasteiger partial charge is 0.217 e. The molecule has 1 saturated heterocycles. The molecule has 1 amide bonds. The highest BCUT2D eigenvalue weighted by molar-refractivity contribution is 5.98. The minimum atomic E-state index is -0.0227. The number of Topliss-reactive ketones (excluding diaryl/α,β-unsaturated/α-hetero) is 1. The van der Waals surface area contributed by atoms with Gasteiger partial charge in [0.2, 0.25) is 11.7 Å². The zero-order chi connectivity index (χ0) is 14.8. The largest absolute Gasteiger partial charge is 0.453 e. The molecular formula is C16H18N2O3. The van der Waals surface area contributed by atoms with E-state index in [9.17, 15) is 9.59 Å². The highest BCUT2D eigenvalue weighted by Gasteiger charge is 2.25. The van der Waals surface area contributed by atoms with Crippen LogP contribution in [0, 0.1) is 0 Å². The number of hydrogen-bond acceptors (Lipinski definition) is 4. The van der Waals surface area contributed by atoms with Gasteiger partial charge in [-0.15, -0.1) is 0 Å². The van der Waals surface area contributed by atoms with Gasteiger partial charge in [0.05, 0.1) is 6.54 Å². The molecule has 2 aromatic rings. The number of furan rings is 1. The number of carbonyl (C=O) groups is 2. The average molecular weight is 286 g/mol. The first-order valence-electron chi connectivity index (χ1n) is 7.13. The molecule has 1 atom stereocenters. The van der Waals surface area contributed by atoms with Crippen LogP contribution in [-0.2, 0) is 4.79 Å². The maximum Gasteiger partial charge on any atom is 0.217 e. The van der Waals surface area contributed by atoms with E-state index in [1.807, 2.05) is 24.3 Å². The number of benzene rings is 1. The lowest BCUT2D eigenvalue weighted by molar-refractivity contribution is -0.119. The number of fused-ring (bicyclic) bond motifs is 1. The van der Waals surface area contributed by atoms with Crippen molar-refractivity contribution in [3.8, 4) is 0 Å². The van der Waals surface area contributed by atoms with Gasteiger partial charge < -0.3 is 9.73 Å². The van der Waals surface area contributed by atoms with Crippen LogP contribution in [0.4, 0.5) is 0 Å². The predicted octanol–water partition coefficient (Wildman–Crippen LogP) is 1.83. The maximum atomic E-state index is 12.3. The highest BCUT2D eigenvalue weighted by atomic mass is 16.3. The Bertz CT molecular complexity index is 644. The van der Waals surface area contributed by atoms with Crippen molar-refractivity contribution in [2.24, 2.45) is 0 Å². The Balaban J connectivity index is 1.63. The van der Waals surface area contributed by atoms with Crippen LogP contribution in [0.25, 0.3) is 11.0 Å². The van der Waals surface area contributed by atoms with Crippen LogP contribution < -0.4 is 5.32 Å². The van der Waals surface area contributed by atoms with Crippen LogP contribution in [0.5, 0.6) is 0 Å². The number of amides is 1. The van der Waals surface area contributed by atoms with Gasteiger partial charge in [0.25, 0.3) is 0 Å². The average Bonchev–Trinajstić information content (AvgIpc) is 3.04. The normalized spacial score (nSPS) is 19.0.